The van der Waals surface area contributed by atoms with Crippen molar-refractivity contribution >= 4 is 46.7 Å². The van der Waals surface area contributed by atoms with Gasteiger partial charge < -0.3 is 15.6 Å². The van der Waals surface area contributed by atoms with Crippen LogP contribution in [-0.4, -0.2) is 43.3 Å². The molecule has 33 heavy (non-hydrogen) atoms. The maximum Gasteiger partial charge on any atom is 0.229 e. The van der Waals surface area contributed by atoms with E-state index in [1.54, 1.807) is 18.1 Å². The zero-order valence-electron chi connectivity index (χ0n) is 19.4. The number of aryl methyl sites for hydroxylation is 4. The largest absolute Gasteiger partial charge is 0.348 e. The number of aromatic amines is 1. The molecule has 0 amide bonds. The monoisotopic (exact) mass is 482 g/mol. The van der Waals surface area contributed by atoms with Gasteiger partial charge in [0, 0.05) is 34.3 Å². The summed E-state index contributed by atoms with van der Waals surface area (Å²) in [5.41, 5.74) is 6.11. The second-order valence-corrected chi connectivity index (χ2v) is 8.96. The van der Waals surface area contributed by atoms with Crippen LogP contribution >= 0.6 is 24.0 Å². The highest BCUT2D eigenvalue weighted by molar-refractivity contribution is 7.98. The summed E-state index contributed by atoms with van der Waals surface area (Å²) in [7, 11) is 0. The molecule has 174 valence electrons. The summed E-state index contributed by atoms with van der Waals surface area (Å²) in [5, 5.41) is 10.1. The first kappa shape index (κ1) is 24.7. The zero-order valence-corrected chi connectivity index (χ0v) is 21.0. The van der Waals surface area contributed by atoms with Crippen molar-refractivity contribution in [3.8, 4) is 0 Å². The molecule has 2 aromatic heterocycles. The first-order chi connectivity index (χ1) is 15.9. The quantitative estimate of drug-likeness (QED) is 0.162. The highest BCUT2D eigenvalue weighted by atomic mass is 32.2. The number of hydrogen-bond donors (Lipinski definition) is 4. The van der Waals surface area contributed by atoms with Gasteiger partial charge in [0.2, 0.25) is 11.9 Å². The minimum atomic E-state index is 0.450. The van der Waals surface area contributed by atoms with Crippen LogP contribution in [0.2, 0.25) is 0 Å². The minimum Gasteiger partial charge on any atom is -0.348 e. The van der Waals surface area contributed by atoms with Crippen LogP contribution in [0, 0.1) is 20.8 Å². The summed E-state index contributed by atoms with van der Waals surface area (Å²) < 4.78 is 0. The van der Waals surface area contributed by atoms with Gasteiger partial charge in [0.05, 0.1) is 18.6 Å². The van der Waals surface area contributed by atoms with Crippen molar-refractivity contribution in [1.29, 1.82) is 0 Å². The van der Waals surface area contributed by atoms with Crippen LogP contribution in [-0.2, 0) is 12.2 Å². The Bertz CT molecular complexity index is 1090. The number of imidazole rings is 1. The fourth-order valence-electron chi connectivity index (χ4n) is 3.13. The average Bonchev–Trinajstić information content (AvgIpc) is 3.17. The number of thiocarbonyl (C=S) groups is 1. The topological polar surface area (TPSA) is 103 Å². The molecule has 4 N–H and O–H groups in total. The summed E-state index contributed by atoms with van der Waals surface area (Å²) in [6, 6.07) is 10.0. The predicted octanol–water partition coefficient (Wildman–Crippen LogP) is 4.38. The molecule has 10 heteroatoms. The van der Waals surface area contributed by atoms with Crippen LogP contribution in [0.1, 0.15) is 35.3 Å². The molecule has 0 aliphatic carbocycles. The van der Waals surface area contributed by atoms with E-state index in [2.05, 4.69) is 53.9 Å². The first-order valence-electron chi connectivity index (χ1n) is 10.8. The van der Waals surface area contributed by atoms with Gasteiger partial charge in [0.25, 0.3) is 0 Å². The van der Waals surface area contributed by atoms with Gasteiger partial charge in [-0.25, -0.2) is 15.0 Å². The lowest BCUT2D eigenvalue weighted by Crippen LogP contribution is -2.39. The van der Waals surface area contributed by atoms with E-state index in [1.165, 1.54) is 5.56 Å². The van der Waals surface area contributed by atoms with E-state index in [4.69, 9.17) is 12.2 Å². The Morgan fingerprint density at radius 2 is 1.88 bits per heavy atom. The average molecular weight is 483 g/mol. The van der Waals surface area contributed by atoms with Crippen molar-refractivity contribution in [3.63, 3.8) is 0 Å². The number of H-pyrrole nitrogens is 1. The number of nitrogens with one attached hydrogen (secondary N) is 4. The molecular weight excluding hydrogens is 452 g/mol. The molecule has 0 unspecified atom stereocenters. The van der Waals surface area contributed by atoms with Crippen molar-refractivity contribution in [1.82, 2.24) is 25.3 Å². The fraction of sp³-hybridized carbons (Fsp3) is 0.348. The SMILES string of the molecule is CCc1ccccc1NC(=S)NC(=NCCSCc1nc[nH]c1C)Nc1nc(C)cc(C)n1. The smallest absolute Gasteiger partial charge is 0.229 e. The van der Waals surface area contributed by atoms with E-state index in [-0.39, 0.29) is 0 Å². The molecular formula is C23H30N8S2. The third-order valence-corrected chi connectivity index (χ3v) is 5.92. The molecule has 2 heterocycles. The number of rotatable bonds is 8. The second kappa shape index (κ2) is 12.3. The minimum absolute atomic E-state index is 0.450. The lowest BCUT2D eigenvalue weighted by molar-refractivity contribution is 1.05. The van der Waals surface area contributed by atoms with Gasteiger partial charge in [-0.1, -0.05) is 25.1 Å². The van der Waals surface area contributed by atoms with Crippen molar-refractivity contribution in [2.45, 2.75) is 39.9 Å². The number of guanidine groups is 1. The summed E-state index contributed by atoms with van der Waals surface area (Å²) in [5.74, 6) is 2.67. The molecule has 0 bridgehead atoms. The Hall–Kier alpha value is -2.98. The van der Waals surface area contributed by atoms with Crippen LogP contribution in [0.15, 0.2) is 41.7 Å². The summed E-state index contributed by atoms with van der Waals surface area (Å²) in [6.45, 7) is 8.62. The van der Waals surface area contributed by atoms with Gasteiger partial charge in [-0.3, -0.25) is 10.3 Å². The molecule has 0 radical (unpaired) electrons. The van der Waals surface area contributed by atoms with Gasteiger partial charge in [0.15, 0.2) is 5.11 Å². The van der Waals surface area contributed by atoms with Gasteiger partial charge in [-0.15, -0.1) is 0 Å². The van der Waals surface area contributed by atoms with E-state index < -0.39 is 0 Å². The number of hydrogen-bond acceptors (Lipinski definition) is 6. The van der Waals surface area contributed by atoms with Crippen molar-refractivity contribution in [3.05, 3.63) is 65.0 Å². The lowest BCUT2D eigenvalue weighted by Gasteiger charge is -2.16. The van der Waals surface area contributed by atoms with Gasteiger partial charge in [-0.05, 0) is 57.1 Å². The Labute approximate surface area is 204 Å². The molecule has 0 spiro atoms. The number of aliphatic imine (C=N–C) groups is 1. The van der Waals surface area contributed by atoms with E-state index >= 15 is 0 Å². The van der Waals surface area contributed by atoms with Crippen LogP contribution in [0.5, 0.6) is 0 Å². The number of thioether (sulfide) groups is 1. The Morgan fingerprint density at radius 3 is 2.58 bits per heavy atom. The molecule has 0 saturated carbocycles. The molecule has 3 rings (SSSR count). The Balaban J connectivity index is 1.65. The number of nitrogens with zero attached hydrogens (tertiary/aromatic N) is 4. The first-order valence-corrected chi connectivity index (χ1v) is 12.4. The number of para-hydroxylation sites is 1. The standard InChI is InChI=1S/C23H30N8S2/c1-5-18-8-6-7-9-19(18)29-23(32)31-21(30-22-27-15(2)12-16(3)28-22)24-10-11-33-13-20-17(4)25-14-26-20/h6-9,12,14H,5,10-11,13H2,1-4H3,(H,25,26)(H3,24,27,28,29,30,31,32). The van der Waals surface area contributed by atoms with Crippen LogP contribution in [0.3, 0.4) is 0 Å². The molecule has 3 aromatic rings. The third kappa shape index (κ3) is 7.83. The maximum absolute atomic E-state index is 5.56. The normalized spacial score (nSPS) is 11.3. The van der Waals surface area contributed by atoms with Crippen molar-refractivity contribution in [2.24, 2.45) is 4.99 Å². The van der Waals surface area contributed by atoms with Crippen LogP contribution in [0.25, 0.3) is 0 Å². The van der Waals surface area contributed by atoms with Gasteiger partial charge >= 0.3 is 0 Å². The molecule has 0 saturated heterocycles. The van der Waals surface area contributed by atoms with Crippen LogP contribution < -0.4 is 16.0 Å². The van der Waals surface area contributed by atoms with Crippen molar-refractivity contribution in [2.75, 3.05) is 22.9 Å². The number of anilines is 2. The van der Waals surface area contributed by atoms with Crippen LogP contribution in [0.4, 0.5) is 11.6 Å². The highest BCUT2D eigenvalue weighted by Gasteiger charge is 2.09. The molecule has 0 atom stereocenters. The summed E-state index contributed by atoms with van der Waals surface area (Å²) in [4.78, 5) is 21.0. The Kier molecular flexibility index (Phi) is 9.20. The fourth-order valence-corrected chi connectivity index (χ4v) is 4.19. The van der Waals surface area contributed by atoms with Crippen molar-refractivity contribution < 1.29 is 0 Å². The highest BCUT2D eigenvalue weighted by Crippen LogP contribution is 2.15. The molecule has 0 aliphatic heterocycles. The maximum atomic E-state index is 5.56. The van der Waals surface area contributed by atoms with E-state index in [0.29, 0.717) is 23.6 Å². The molecule has 8 nitrogen and oxygen atoms in total. The zero-order chi connectivity index (χ0) is 23.6. The molecule has 1 aromatic carbocycles. The summed E-state index contributed by atoms with van der Waals surface area (Å²) >= 11 is 7.34. The summed E-state index contributed by atoms with van der Waals surface area (Å²) in [6.07, 6.45) is 2.64. The predicted molar refractivity (Wildman–Crippen MR) is 142 cm³/mol. The molecule has 0 aliphatic rings. The van der Waals surface area contributed by atoms with E-state index in [0.717, 1.165) is 46.4 Å². The number of benzene rings is 1. The van der Waals surface area contributed by atoms with Gasteiger partial charge in [-0.2, -0.15) is 11.8 Å². The lowest BCUT2D eigenvalue weighted by atomic mass is 10.1. The second-order valence-electron chi connectivity index (χ2n) is 7.45. The van der Waals surface area contributed by atoms with E-state index in [9.17, 15) is 0 Å². The third-order valence-electron chi connectivity index (χ3n) is 4.77. The van der Waals surface area contributed by atoms with E-state index in [1.807, 2.05) is 45.0 Å². The van der Waals surface area contributed by atoms with Gasteiger partial charge in [0.1, 0.15) is 0 Å². The molecule has 0 fully saturated rings. The number of aromatic nitrogens is 4. The Morgan fingerprint density at radius 1 is 1.12 bits per heavy atom.